The van der Waals surface area contributed by atoms with Crippen LogP contribution in [0.3, 0.4) is 0 Å². The van der Waals surface area contributed by atoms with Crippen molar-refractivity contribution < 1.29 is 0 Å². The zero-order valence-electron chi connectivity index (χ0n) is 11.3. The van der Waals surface area contributed by atoms with Crippen LogP contribution >= 0.6 is 0 Å². The summed E-state index contributed by atoms with van der Waals surface area (Å²) in [6.45, 7) is 0.621. The van der Waals surface area contributed by atoms with Crippen LogP contribution in [0.4, 0.5) is 0 Å². The van der Waals surface area contributed by atoms with Gasteiger partial charge in [-0.3, -0.25) is 0 Å². The molecule has 0 heterocycles. The van der Waals surface area contributed by atoms with Crippen molar-refractivity contribution in [3.63, 3.8) is 0 Å². The Morgan fingerprint density at radius 2 is 1.16 bits per heavy atom. The molecule has 0 bridgehead atoms. The Bertz CT molecular complexity index is 438. The molecule has 0 atom stereocenters. The second-order valence-corrected chi connectivity index (χ2v) is 5.23. The van der Waals surface area contributed by atoms with Crippen LogP contribution in [0.25, 0.3) is 0 Å². The van der Waals surface area contributed by atoms with E-state index in [4.69, 9.17) is 11.5 Å². The van der Waals surface area contributed by atoms with Gasteiger partial charge in [-0.05, 0) is 36.9 Å². The molecule has 0 aliphatic carbocycles. The minimum Gasteiger partial charge on any atom is -0.330 e. The smallest absolute Gasteiger partial charge is 0.0248 e. The third-order valence-corrected chi connectivity index (χ3v) is 3.44. The van der Waals surface area contributed by atoms with Crippen LogP contribution in [-0.4, -0.2) is 12.1 Å². The molecule has 100 valence electrons. The first-order chi connectivity index (χ1) is 9.22. The number of rotatable bonds is 6. The SMILES string of the molecule is NCCC(N)(Cc1ccccc1)Cc1ccccc1. The highest BCUT2D eigenvalue weighted by Gasteiger charge is 2.24. The molecular formula is C17H22N2. The Kier molecular flexibility index (Phi) is 4.72. The number of hydrogen-bond acceptors (Lipinski definition) is 2. The Balaban J connectivity index is 2.13. The van der Waals surface area contributed by atoms with Crippen LogP contribution in [0.1, 0.15) is 17.5 Å². The average molecular weight is 254 g/mol. The second-order valence-electron chi connectivity index (χ2n) is 5.23. The van der Waals surface area contributed by atoms with Gasteiger partial charge in [-0.1, -0.05) is 60.7 Å². The first-order valence-corrected chi connectivity index (χ1v) is 6.79. The van der Waals surface area contributed by atoms with Gasteiger partial charge in [0.15, 0.2) is 0 Å². The fourth-order valence-corrected chi connectivity index (χ4v) is 2.53. The summed E-state index contributed by atoms with van der Waals surface area (Å²) in [6.07, 6.45) is 2.55. The summed E-state index contributed by atoms with van der Waals surface area (Å²) in [6, 6.07) is 20.8. The zero-order valence-corrected chi connectivity index (χ0v) is 11.3. The van der Waals surface area contributed by atoms with E-state index in [-0.39, 0.29) is 5.54 Å². The highest BCUT2D eigenvalue weighted by atomic mass is 14.7. The summed E-state index contributed by atoms with van der Waals surface area (Å²) < 4.78 is 0. The molecule has 0 amide bonds. The van der Waals surface area contributed by atoms with Gasteiger partial charge in [0.25, 0.3) is 0 Å². The van der Waals surface area contributed by atoms with Crippen molar-refractivity contribution in [2.24, 2.45) is 11.5 Å². The zero-order chi connectivity index (χ0) is 13.6. The van der Waals surface area contributed by atoms with Gasteiger partial charge in [0.1, 0.15) is 0 Å². The summed E-state index contributed by atoms with van der Waals surface area (Å²) in [5.41, 5.74) is 14.6. The van der Waals surface area contributed by atoms with Crippen molar-refractivity contribution in [2.75, 3.05) is 6.54 Å². The molecule has 0 unspecified atom stereocenters. The van der Waals surface area contributed by atoms with E-state index in [1.54, 1.807) is 0 Å². The third-order valence-electron chi connectivity index (χ3n) is 3.44. The maximum absolute atomic E-state index is 6.59. The van der Waals surface area contributed by atoms with Crippen LogP contribution in [0, 0.1) is 0 Å². The van der Waals surface area contributed by atoms with E-state index >= 15 is 0 Å². The minimum absolute atomic E-state index is 0.266. The van der Waals surface area contributed by atoms with Crippen LogP contribution in [0.15, 0.2) is 60.7 Å². The van der Waals surface area contributed by atoms with Gasteiger partial charge in [-0.2, -0.15) is 0 Å². The van der Waals surface area contributed by atoms with Gasteiger partial charge < -0.3 is 11.5 Å². The summed E-state index contributed by atoms with van der Waals surface area (Å²) in [4.78, 5) is 0. The van der Waals surface area contributed by atoms with Crippen molar-refractivity contribution in [1.29, 1.82) is 0 Å². The summed E-state index contributed by atoms with van der Waals surface area (Å²) >= 11 is 0. The van der Waals surface area contributed by atoms with Crippen molar-refractivity contribution in [3.8, 4) is 0 Å². The topological polar surface area (TPSA) is 52.0 Å². The quantitative estimate of drug-likeness (QED) is 0.832. The predicted molar refractivity (Wildman–Crippen MR) is 80.9 cm³/mol. The normalized spacial score (nSPS) is 11.5. The highest BCUT2D eigenvalue weighted by molar-refractivity contribution is 5.22. The second kappa shape index (κ2) is 6.50. The largest absolute Gasteiger partial charge is 0.330 e. The molecule has 2 aromatic carbocycles. The van der Waals surface area contributed by atoms with Crippen molar-refractivity contribution >= 4 is 0 Å². The van der Waals surface area contributed by atoms with Gasteiger partial charge in [0, 0.05) is 5.54 Å². The van der Waals surface area contributed by atoms with Crippen molar-refractivity contribution in [2.45, 2.75) is 24.8 Å². The highest BCUT2D eigenvalue weighted by Crippen LogP contribution is 2.20. The Morgan fingerprint density at radius 3 is 1.53 bits per heavy atom. The maximum Gasteiger partial charge on any atom is 0.0248 e. The Morgan fingerprint density at radius 1 is 0.737 bits per heavy atom. The average Bonchev–Trinajstić information content (AvgIpc) is 2.41. The lowest BCUT2D eigenvalue weighted by Gasteiger charge is -2.29. The summed E-state index contributed by atoms with van der Waals surface area (Å²) in [5.74, 6) is 0. The van der Waals surface area contributed by atoms with Crippen LogP contribution < -0.4 is 11.5 Å². The van der Waals surface area contributed by atoms with Crippen LogP contribution in [0.5, 0.6) is 0 Å². The van der Waals surface area contributed by atoms with Gasteiger partial charge in [0.2, 0.25) is 0 Å². The van der Waals surface area contributed by atoms with E-state index in [0.717, 1.165) is 19.3 Å². The molecule has 0 spiro atoms. The number of benzene rings is 2. The lowest BCUT2D eigenvalue weighted by molar-refractivity contribution is 0.393. The number of hydrogen-bond donors (Lipinski definition) is 2. The standard InChI is InChI=1S/C17H22N2/c18-12-11-17(19,13-15-7-3-1-4-8-15)14-16-9-5-2-6-10-16/h1-10H,11-14,18-19H2. The minimum atomic E-state index is -0.266. The molecule has 0 saturated heterocycles. The fraction of sp³-hybridized carbons (Fsp3) is 0.294. The molecule has 2 nitrogen and oxygen atoms in total. The predicted octanol–water partition coefficient (Wildman–Crippen LogP) is 2.52. The Hall–Kier alpha value is -1.64. The first kappa shape index (κ1) is 13.8. The fourth-order valence-electron chi connectivity index (χ4n) is 2.53. The summed E-state index contributed by atoms with van der Waals surface area (Å²) in [7, 11) is 0. The van der Waals surface area contributed by atoms with E-state index in [1.165, 1.54) is 11.1 Å². The molecule has 0 aliphatic heterocycles. The molecule has 19 heavy (non-hydrogen) atoms. The lowest BCUT2D eigenvalue weighted by atomic mass is 9.83. The van der Waals surface area contributed by atoms with Crippen molar-refractivity contribution in [3.05, 3.63) is 71.8 Å². The van der Waals surface area contributed by atoms with E-state index in [2.05, 4.69) is 48.5 Å². The molecule has 0 aliphatic rings. The summed E-state index contributed by atoms with van der Waals surface area (Å²) in [5, 5.41) is 0. The molecule has 0 saturated carbocycles. The molecular weight excluding hydrogens is 232 g/mol. The van der Waals surface area contributed by atoms with Gasteiger partial charge in [0.05, 0.1) is 0 Å². The lowest BCUT2D eigenvalue weighted by Crippen LogP contribution is -2.46. The van der Waals surface area contributed by atoms with Crippen LogP contribution in [0.2, 0.25) is 0 Å². The molecule has 2 heteroatoms. The molecule has 2 aromatic rings. The van der Waals surface area contributed by atoms with E-state index in [0.29, 0.717) is 6.54 Å². The third kappa shape index (κ3) is 4.19. The molecule has 0 fully saturated rings. The van der Waals surface area contributed by atoms with Crippen molar-refractivity contribution in [1.82, 2.24) is 0 Å². The molecule has 0 aromatic heterocycles. The van der Waals surface area contributed by atoms with E-state index in [9.17, 15) is 0 Å². The number of nitrogens with two attached hydrogens (primary N) is 2. The van der Waals surface area contributed by atoms with Gasteiger partial charge in [-0.15, -0.1) is 0 Å². The molecule has 4 N–H and O–H groups in total. The molecule has 0 radical (unpaired) electrons. The Labute approximate surface area is 115 Å². The van der Waals surface area contributed by atoms with E-state index < -0.39 is 0 Å². The maximum atomic E-state index is 6.59. The van der Waals surface area contributed by atoms with Gasteiger partial charge >= 0.3 is 0 Å². The van der Waals surface area contributed by atoms with Gasteiger partial charge in [-0.25, -0.2) is 0 Å². The monoisotopic (exact) mass is 254 g/mol. The van der Waals surface area contributed by atoms with E-state index in [1.807, 2.05) is 12.1 Å². The van der Waals surface area contributed by atoms with Crippen LogP contribution in [-0.2, 0) is 12.8 Å². The first-order valence-electron chi connectivity index (χ1n) is 6.79. The molecule has 2 rings (SSSR count).